The number of hydrogen-bond donors (Lipinski definition) is 0. The van der Waals surface area contributed by atoms with Crippen LogP contribution in [0.15, 0.2) is 18.2 Å². The summed E-state index contributed by atoms with van der Waals surface area (Å²) in [6.45, 7) is 5.99. The zero-order valence-electron chi connectivity index (χ0n) is 12.2. The van der Waals surface area contributed by atoms with E-state index in [0.29, 0.717) is 18.5 Å². The van der Waals surface area contributed by atoms with Crippen LogP contribution >= 0.6 is 0 Å². The van der Waals surface area contributed by atoms with Gasteiger partial charge >= 0.3 is 12.1 Å². The Hall–Kier alpha value is -2.04. The van der Waals surface area contributed by atoms with E-state index in [4.69, 9.17) is 9.47 Å². The molecule has 0 saturated carbocycles. The Labute approximate surface area is 118 Å². The lowest BCUT2D eigenvalue weighted by atomic mass is 10.1. The van der Waals surface area contributed by atoms with Crippen LogP contribution in [0.3, 0.4) is 0 Å². The molecule has 5 nitrogen and oxygen atoms in total. The molecule has 0 aliphatic carbocycles. The van der Waals surface area contributed by atoms with E-state index in [9.17, 15) is 9.59 Å². The van der Waals surface area contributed by atoms with E-state index in [1.807, 2.05) is 26.8 Å². The molecule has 0 aromatic heterocycles. The minimum atomic E-state index is -0.542. The number of benzene rings is 1. The first-order valence-corrected chi connectivity index (χ1v) is 6.54. The summed E-state index contributed by atoms with van der Waals surface area (Å²) < 4.78 is 10.1. The molecular weight excluding hydrogens is 258 g/mol. The Kier molecular flexibility index (Phi) is 3.70. The largest absolute Gasteiger partial charge is 0.465 e. The summed E-state index contributed by atoms with van der Waals surface area (Å²) in [6, 6.07) is 5.27. The number of methoxy groups -OCH3 is 1. The molecule has 108 valence electrons. The summed E-state index contributed by atoms with van der Waals surface area (Å²) in [5, 5.41) is 0. The quantitative estimate of drug-likeness (QED) is 0.741. The van der Waals surface area contributed by atoms with Crippen molar-refractivity contribution in [1.29, 1.82) is 0 Å². The first kappa shape index (κ1) is 14.4. The van der Waals surface area contributed by atoms with Crippen LogP contribution in [0.1, 0.15) is 36.7 Å². The van der Waals surface area contributed by atoms with Gasteiger partial charge in [0.2, 0.25) is 0 Å². The molecule has 0 bridgehead atoms. The molecule has 1 aliphatic rings. The van der Waals surface area contributed by atoms with Crippen LogP contribution in [-0.4, -0.2) is 31.3 Å². The summed E-state index contributed by atoms with van der Waals surface area (Å²) in [7, 11) is 1.35. The SMILES string of the molecule is COC(=O)c1cccc2c1CCN2C(=O)OC(C)(C)C. The molecule has 0 saturated heterocycles. The highest BCUT2D eigenvalue weighted by Gasteiger charge is 2.31. The molecule has 2 rings (SSSR count). The van der Waals surface area contributed by atoms with Crippen molar-refractivity contribution < 1.29 is 19.1 Å². The molecule has 0 spiro atoms. The number of hydrogen-bond acceptors (Lipinski definition) is 4. The van der Waals surface area contributed by atoms with Gasteiger partial charge in [-0.2, -0.15) is 0 Å². The summed E-state index contributed by atoms with van der Waals surface area (Å²) >= 11 is 0. The van der Waals surface area contributed by atoms with Gasteiger partial charge in [-0.1, -0.05) is 6.07 Å². The van der Waals surface area contributed by atoms with E-state index in [1.54, 1.807) is 17.0 Å². The van der Waals surface area contributed by atoms with Gasteiger partial charge in [0.15, 0.2) is 0 Å². The third-order valence-corrected chi connectivity index (χ3v) is 3.05. The number of anilines is 1. The van der Waals surface area contributed by atoms with Crippen molar-refractivity contribution in [2.45, 2.75) is 32.8 Å². The van der Waals surface area contributed by atoms with Crippen LogP contribution in [0, 0.1) is 0 Å². The maximum absolute atomic E-state index is 12.2. The van der Waals surface area contributed by atoms with Crippen molar-refractivity contribution in [3.63, 3.8) is 0 Å². The Morgan fingerprint density at radius 1 is 1.25 bits per heavy atom. The number of ether oxygens (including phenoxy) is 2. The van der Waals surface area contributed by atoms with Gasteiger partial charge in [0.05, 0.1) is 18.4 Å². The first-order valence-electron chi connectivity index (χ1n) is 6.54. The Balaban J connectivity index is 2.30. The molecule has 1 aliphatic heterocycles. The zero-order chi connectivity index (χ0) is 14.9. The number of esters is 1. The molecule has 1 amide bonds. The van der Waals surface area contributed by atoms with Crippen LogP contribution in [-0.2, 0) is 15.9 Å². The van der Waals surface area contributed by atoms with Gasteiger partial charge in [0.1, 0.15) is 5.60 Å². The van der Waals surface area contributed by atoms with Crippen LogP contribution in [0.5, 0.6) is 0 Å². The van der Waals surface area contributed by atoms with E-state index < -0.39 is 11.7 Å². The number of fused-ring (bicyclic) bond motifs is 1. The molecule has 20 heavy (non-hydrogen) atoms. The van der Waals surface area contributed by atoms with Crippen molar-refractivity contribution in [2.24, 2.45) is 0 Å². The third-order valence-electron chi connectivity index (χ3n) is 3.05. The molecule has 0 atom stereocenters. The van der Waals surface area contributed by atoms with Gasteiger partial charge in [0.25, 0.3) is 0 Å². The number of carbonyl (C=O) groups is 2. The fourth-order valence-corrected chi connectivity index (χ4v) is 2.24. The van der Waals surface area contributed by atoms with Crippen molar-refractivity contribution in [3.8, 4) is 0 Å². The van der Waals surface area contributed by atoms with Crippen molar-refractivity contribution >= 4 is 17.7 Å². The molecule has 0 radical (unpaired) electrons. The number of nitrogens with zero attached hydrogens (tertiary/aromatic N) is 1. The van der Waals surface area contributed by atoms with E-state index >= 15 is 0 Å². The van der Waals surface area contributed by atoms with Gasteiger partial charge in [-0.3, -0.25) is 4.90 Å². The lowest BCUT2D eigenvalue weighted by Crippen LogP contribution is -2.35. The minimum absolute atomic E-state index is 0.382. The smallest absolute Gasteiger partial charge is 0.414 e. The van der Waals surface area contributed by atoms with E-state index in [-0.39, 0.29) is 5.97 Å². The highest BCUT2D eigenvalue weighted by Crippen LogP contribution is 2.32. The minimum Gasteiger partial charge on any atom is -0.465 e. The Morgan fingerprint density at radius 3 is 2.55 bits per heavy atom. The van der Waals surface area contributed by atoms with Crippen molar-refractivity contribution in [2.75, 3.05) is 18.6 Å². The molecule has 5 heteroatoms. The zero-order valence-corrected chi connectivity index (χ0v) is 12.2. The predicted octanol–water partition coefficient (Wildman–Crippen LogP) is 2.77. The summed E-state index contributed by atoms with van der Waals surface area (Å²) in [6.07, 6.45) is 0.234. The highest BCUT2D eigenvalue weighted by atomic mass is 16.6. The average Bonchev–Trinajstić information content (AvgIpc) is 2.79. The number of amides is 1. The van der Waals surface area contributed by atoms with Crippen molar-refractivity contribution in [3.05, 3.63) is 29.3 Å². The summed E-state index contributed by atoms with van der Waals surface area (Å²) in [4.78, 5) is 25.4. The maximum Gasteiger partial charge on any atom is 0.414 e. The predicted molar refractivity (Wildman–Crippen MR) is 75.1 cm³/mol. The van der Waals surface area contributed by atoms with E-state index in [1.165, 1.54) is 7.11 Å². The van der Waals surface area contributed by atoms with Crippen LogP contribution in [0.2, 0.25) is 0 Å². The van der Waals surface area contributed by atoms with Gasteiger partial charge in [-0.05, 0) is 44.9 Å². The van der Waals surface area contributed by atoms with Gasteiger partial charge in [-0.15, -0.1) is 0 Å². The van der Waals surface area contributed by atoms with Crippen molar-refractivity contribution in [1.82, 2.24) is 0 Å². The molecule has 1 aromatic carbocycles. The average molecular weight is 277 g/mol. The van der Waals surface area contributed by atoms with Crippen LogP contribution in [0.25, 0.3) is 0 Å². The van der Waals surface area contributed by atoms with Crippen LogP contribution in [0.4, 0.5) is 10.5 Å². The Bertz CT molecular complexity index is 545. The molecule has 0 N–H and O–H groups in total. The maximum atomic E-state index is 12.2. The summed E-state index contributed by atoms with van der Waals surface area (Å²) in [5.74, 6) is -0.382. The van der Waals surface area contributed by atoms with E-state index in [0.717, 1.165) is 11.3 Å². The lowest BCUT2D eigenvalue weighted by molar-refractivity contribution is 0.0578. The fraction of sp³-hybridized carbons (Fsp3) is 0.467. The fourth-order valence-electron chi connectivity index (χ4n) is 2.24. The summed E-state index contributed by atoms with van der Waals surface area (Å²) in [5.41, 5.74) is 1.53. The molecular formula is C15H19NO4. The topological polar surface area (TPSA) is 55.8 Å². The second-order valence-electron chi connectivity index (χ2n) is 5.68. The van der Waals surface area contributed by atoms with Gasteiger partial charge < -0.3 is 9.47 Å². The normalized spacial score (nSPS) is 13.9. The monoisotopic (exact) mass is 277 g/mol. The van der Waals surface area contributed by atoms with Gasteiger partial charge in [-0.25, -0.2) is 9.59 Å². The highest BCUT2D eigenvalue weighted by molar-refractivity contribution is 5.97. The standard InChI is InChI=1S/C15H19NO4/c1-15(2,3)20-14(18)16-9-8-10-11(13(17)19-4)6-5-7-12(10)16/h5-7H,8-9H2,1-4H3. The third kappa shape index (κ3) is 2.76. The number of rotatable bonds is 1. The van der Waals surface area contributed by atoms with Gasteiger partial charge in [0, 0.05) is 6.54 Å². The first-order chi connectivity index (χ1) is 9.33. The molecule has 0 unspecified atom stereocenters. The van der Waals surface area contributed by atoms with Crippen LogP contribution < -0.4 is 4.90 Å². The molecule has 1 aromatic rings. The molecule has 0 fully saturated rings. The second kappa shape index (κ2) is 5.15. The number of carbonyl (C=O) groups excluding carboxylic acids is 2. The Morgan fingerprint density at radius 2 is 1.95 bits per heavy atom. The lowest BCUT2D eigenvalue weighted by Gasteiger charge is -2.24. The van der Waals surface area contributed by atoms with E-state index in [2.05, 4.69) is 0 Å². The second-order valence-corrected chi connectivity index (χ2v) is 5.68. The molecule has 1 heterocycles.